The first-order valence-electron chi connectivity index (χ1n) is 5.85. The van der Waals surface area contributed by atoms with Gasteiger partial charge in [0.15, 0.2) is 0 Å². The number of carbonyl (C=O) groups is 1. The summed E-state index contributed by atoms with van der Waals surface area (Å²) in [7, 11) is -1.50. The Morgan fingerprint density at radius 3 is 2.94 bits per heavy atom. The van der Waals surface area contributed by atoms with Crippen LogP contribution in [0.4, 0.5) is 0 Å². The Morgan fingerprint density at radius 2 is 2.29 bits per heavy atom. The zero-order chi connectivity index (χ0) is 12.7. The number of rotatable bonds is 5. The summed E-state index contributed by atoms with van der Waals surface area (Å²) in [5.41, 5.74) is 0.380. The first kappa shape index (κ1) is 13.7. The standard InChI is InChI=1S/C12H18BNO3.3H2/c1-2-3-9-14-12(15)10-5-4-6-11(8-7-10)13(16)17;;;/h4-8,10,16-17H,2-3,9H2,1H3,(H,14,15);3*1H. The molecule has 98 valence electrons. The number of hydrogen-bond donors (Lipinski definition) is 3. The number of unbranched alkanes of at least 4 members (excludes halogenated alkanes) is 1. The van der Waals surface area contributed by atoms with E-state index in [1.54, 1.807) is 30.4 Å². The van der Waals surface area contributed by atoms with Crippen molar-refractivity contribution in [1.29, 1.82) is 0 Å². The van der Waals surface area contributed by atoms with Crippen LogP contribution in [-0.2, 0) is 4.79 Å². The van der Waals surface area contributed by atoms with Gasteiger partial charge in [-0.25, -0.2) is 0 Å². The average Bonchev–Trinajstić information content (AvgIpc) is 2.54. The van der Waals surface area contributed by atoms with Gasteiger partial charge in [-0.05, 0) is 11.9 Å². The molecule has 4 nitrogen and oxygen atoms in total. The Labute approximate surface area is 106 Å². The molecule has 0 aromatic rings. The van der Waals surface area contributed by atoms with E-state index < -0.39 is 7.12 Å². The minimum absolute atomic E-state index is 0. The molecule has 1 atom stereocenters. The topological polar surface area (TPSA) is 69.6 Å². The van der Waals surface area contributed by atoms with Crippen molar-refractivity contribution < 1.29 is 19.1 Å². The third kappa shape index (κ3) is 4.59. The van der Waals surface area contributed by atoms with Crippen LogP contribution in [0.15, 0.2) is 35.9 Å². The molecule has 0 bridgehead atoms. The highest BCUT2D eigenvalue weighted by molar-refractivity contribution is 6.51. The Bertz CT molecular complexity index is 360. The van der Waals surface area contributed by atoms with Crippen LogP contribution in [0.25, 0.3) is 0 Å². The van der Waals surface area contributed by atoms with Crippen LogP contribution in [0.1, 0.15) is 24.0 Å². The van der Waals surface area contributed by atoms with Gasteiger partial charge >= 0.3 is 7.12 Å². The average molecular weight is 241 g/mol. The van der Waals surface area contributed by atoms with Crippen LogP contribution in [-0.4, -0.2) is 29.6 Å². The third-order valence-electron chi connectivity index (χ3n) is 2.53. The van der Waals surface area contributed by atoms with E-state index in [1.165, 1.54) is 0 Å². The Morgan fingerprint density at radius 1 is 1.53 bits per heavy atom. The highest BCUT2D eigenvalue weighted by Gasteiger charge is 2.16. The zero-order valence-electron chi connectivity index (χ0n) is 9.97. The van der Waals surface area contributed by atoms with Crippen LogP contribution in [0.5, 0.6) is 0 Å². The van der Waals surface area contributed by atoms with Crippen LogP contribution >= 0.6 is 0 Å². The van der Waals surface area contributed by atoms with Gasteiger partial charge in [0.1, 0.15) is 0 Å². The lowest BCUT2D eigenvalue weighted by Crippen LogP contribution is -2.29. The molecule has 17 heavy (non-hydrogen) atoms. The summed E-state index contributed by atoms with van der Waals surface area (Å²) < 4.78 is 0. The van der Waals surface area contributed by atoms with Gasteiger partial charge in [0, 0.05) is 10.8 Å². The minimum Gasteiger partial charge on any atom is -0.423 e. The maximum atomic E-state index is 11.7. The molecular formula is C12H24BNO3. The lowest BCUT2D eigenvalue weighted by Gasteiger charge is -2.08. The molecule has 0 aliphatic heterocycles. The van der Waals surface area contributed by atoms with E-state index in [0.29, 0.717) is 12.0 Å². The number of carbonyl (C=O) groups excluding carboxylic acids is 1. The van der Waals surface area contributed by atoms with Crippen LogP contribution in [0.3, 0.4) is 0 Å². The lowest BCUT2D eigenvalue weighted by atomic mass is 9.79. The molecule has 3 N–H and O–H groups in total. The molecule has 0 heterocycles. The van der Waals surface area contributed by atoms with E-state index in [4.69, 9.17) is 10.0 Å². The largest absolute Gasteiger partial charge is 0.488 e. The number of allylic oxidation sites excluding steroid dienone is 4. The smallest absolute Gasteiger partial charge is 0.423 e. The van der Waals surface area contributed by atoms with Crippen molar-refractivity contribution in [2.24, 2.45) is 5.92 Å². The van der Waals surface area contributed by atoms with Crippen LogP contribution in [0.2, 0.25) is 0 Å². The molecule has 0 saturated heterocycles. The minimum atomic E-state index is -1.50. The van der Waals surface area contributed by atoms with E-state index in [-0.39, 0.29) is 16.1 Å². The predicted octanol–water partition coefficient (Wildman–Crippen LogP) is 1.32. The van der Waals surface area contributed by atoms with Crippen LogP contribution < -0.4 is 5.32 Å². The van der Waals surface area contributed by atoms with Crippen molar-refractivity contribution in [3.8, 4) is 0 Å². The van der Waals surface area contributed by atoms with Crippen molar-refractivity contribution in [2.75, 3.05) is 6.54 Å². The molecule has 0 aromatic carbocycles. The summed E-state index contributed by atoms with van der Waals surface area (Å²) in [6.07, 6.45) is 10.2. The van der Waals surface area contributed by atoms with E-state index in [1.807, 2.05) is 0 Å². The van der Waals surface area contributed by atoms with Gasteiger partial charge in [-0.2, -0.15) is 0 Å². The van der Waals surface area contributed by atoms with Gasteiger partial charge in [0.05, 0.1) is 5.92 Å². The molecule has 5 heteroatoms. The van der Waals surface area contributed by atoms with E-state index in [9.17, 15) is 4.79 Å². The van der Waals surface area contributed by atoms with E-state index in [2.05, 4.69) is 12.2 Å². The molecule has 1 aliphatic carbocycles. The van der Waals surface area contributed by atoms with Gasteiger partial charge in [0.2, 0.25) is 5.91 Å². The predicted molar refractivity (Wildman–Crippen MR) is 74.3 cm³/mol. The van der Waals surface area contributed by atoms with Crippen molar-refractivity contribution in [1.82, 2.24) is 5.32 Å². The maximum Gasteiger partial charge on any atom is 0.488 e. The fourth-order valence-corrected chi connectivity index (χ4v) is 1.47. The first-order chi connectivity index (χ1) is 8.15. The van der Waals surface area contributed by atoms with Gasteiger partial charge in [0.25, 0.3) is 0 Å². The summed E-state index contributed by atoms with van der Waals surface area (Å²) in [4.78, 5) is 11.7. The molecule has 0 fully saturated rings. The van der Waals surface area contributed by atoms with Gasteiger partial charge < -0.3 is 15.4 Å². The van der Waals surface area contributed by atoms with Crippen molar-refractivity contribution in [3.05, 3.63) is 35.9 Å². The number of nitrogens with one attached hydrogen (secondary N) is 1. The number of amides is 1. The van der Waals surface area contributed by atoms with Crippen LogP contribution in [0, 0.1) is 5.92 Å². The summed E-state index contributed by atoms with van der Waals surface area (Å²) in [5, 5.41) is 20.8. The van der Waals surface area contributed by atoms with Gasteiger partial charge in [-0.15, -0.1) is 0 Å². The second-order valence-electron chi connectivity index (χ2n) is 3.95. The fourth-order valence-electron chi connectivity index (χ4n) is 1.47. The molecule has 0 radical (unpaired) electrons. The summed E-state index contributed by atoms with van der Waals surface area (Å²) >= 11 is 0. The Hall–Kier alpha value is -1.33. The Kier molecular flexibility index (Phi) is 5.73. The summed E-state index contributed by atoms with van der Waals surface area (Å²) in [5.74, 6) is -0.410. The van der Waals surface area contributed by atoms with Crippen molar-refractivity contribution in [2.45, 2.75) is 19.8 Å². The first-order valence-corrected chi connectivity index (χ1v) is 5.85. The SMILES string of the molecule is CCCCNC(=O)C1C=CC=C(B(O)O)C=C1.[HH].[HH].[HH]. The fraction of sp³-hybridized carbons (Fsp3) is 0.417. The highest BCUT2D eigenvalue weighted by atomic mass is 16.4. The number of hydrogen-bond acceptors (Lipinski definition) is 3. The van der Waals surface area contributed by atoms with Gasteiger partial charge in [-0.1, -0.05) is 43.7 Å². The lowest BCUT2D eigenvalue weighted by molar-refractivity contribution is -0.122. The molecule has 1 aliphatic rings. The van der Waals surface area contributed by atoms with E-state index in [0.717, 1.165) is 12.8 Å². The maximum absolute atomic E-state index is 11.7. The highest BCUT2D eigenvalue weighted by Crippen LogP contribution is 2.11. The molecule has 0 aromatic heterocycles. The summed E-state index contributed by atoms with van der Waals surface area (Å²) in [6.45, 7) is 2.74. The molecule has 1 rings (SSSR count). The summed E-state index contributed by atoms with van der Waals surface area (Å²) in [6, 6.07) is 0. The van der Waals surface area contributed by atoms with E-state index >= 15 is 0 Å². The zero-order valence-corrected chi connectivity index (χ0v) is 9.97. The normalized spacial score (nSPS) is 18.5. The van der Waals surface area contributed by atoms with Crippen molar-refractivity contribution in [3.63, 3.8) is 0 Å². The van der Waals surface area contributed by atoms with Crippen molar-refractivity contribution >= 4 is 13.0 Å². The Balaban J connectivity index is -0.000000963. The quantitative estimate of drug-likeness (QED) is 0.502. The third-order valence-corrected chi connectivity index (χ3v) is 2.53. The monoisotopic (exact) mass is 241 g/mol. The molecule has 0 saturated carbocycles. The molecule has 1 unspecified atom stereocenters. The molecule has 0 spiro atoms. The molecular weight excluding hydrogens is 217 g/mol. The second kappa shape index (κ2) is 7.09. The molecule has 1 amide bonds. The second-order valence-corrected chi connectivity index (χ2v) is 3.95. The van der Waals surface area contributed by atoms with Gasteiger partial charge in [-0.3, -0.25) is 4.79 Å².